The molecule has 0 aliphatic rings. The van der Waals surface area contributed by atoms with Crippen molar-refractivity contribution in [1.29, 1.82) is 0 Å². The molecule has 7 heteroatoms. The van der Waals surface area contributed by atoms with Crippen molar-refractivity contribution in [2.75, 3.05) is 13.4 Å². The monoisotopic (exact) mass is 164 g/mol. The lowest BCUT2D eigenvalue weighted by Crippen LogP contribution is -2.30. The summed E-state index contributed by atoms with van der Waals surface area (Å²) in [6.45, 7) is 1.80. The molecule has 64 valence electrons. The van der Waals surface area contributed by atoms with Gasteiger partial charge in [0.2, 0.25) is 0 Å². The van der Waals surface area contributed by atoms with Crippen LogP contribution < -0.4 is 5.43 Å². The zero-order chi connectivity index (χ0) is 8.69. The molecule has 0 aliphatic carbocycles. The number of hydrogen-bond acceptors (Lipinski definition) is 5. The molecule has 0 bridgehead atoms. The number of rotatable bonds is 4. The van der Waals surface area contributed by atoms with Gasteiger partial charge in [-0.05, 0) is 12.3 Å². The molecule has 0 aromatic heterocycles. The molecule has 1 N–H and O–H groups in total. The van der Waals surface area contributed by atoms with Gasteiger partial charge in [-0.2, -0.15) is 0 Å². The van der Waals surface area contributed by atoms with Crippen LogP contribution in [0.1, 0.15) is 6.92 Å². The summed E-state index contributed by atoms with van der Waals surface area (Å²) < 4.78 is 8.76. The molecule has 0 aromatic rings. The molecular formula is C4H8N2O5. The van der Waals surface area contributed by atoms with Crippen LogP contribution in [0.2, 0.25) is 0 Å². The molecule has 0 aliphatic heterocycles. The van der Waals surface area contributed by atoms with E-state index in [9.17, 15) is 14.9 Å². The SMILES string of the molecule is CCOCOC(=O)N[N+](=O)[O-]. The second-order valence-corrected chi connectivity index (χ2v) is 1.41. The largest absolute Gasteiger partial charge is 0.467 e. The van der Waals surface area contributed by atoms with Crippen LogP contribution in [-0.4, -0.2) is 24.5 Å². The van der Waals surface area contributed by atoms with Crippen molar-refractivity contribution in [1.82, 2.24) is 5.43 Å². The molecular weight excluding hydrogens is 156 g/mol. The summed E-state index contributed by atoms with van der Waals surface area (Å²) in [5.74, 6) is 0. The lowest BCUT2D eigenvalue weighted by Gasteiger charge is -2.00. The Morgan fingerprint density at radius 3 is 2.82 bits per heavy atom. The number of carbonyl (C=O) groups excluding carboxylic acids is 1. The van der Waals surface area contributed by atoms with Gasteiger partial charge >= 0.3 is 6.09 Å². The van der Waals surface area contributed by atoms with Crippen molar-refractivity contribution in [3.63, 3.8) is 0 Å². The Bertz CT molecular complexity index is 147. The maximum atomic E-state index is 10.3. The molecule has 0 spiro atoms. The number of ether oxygens (including phenoxy) is 2. The topological polar surface area (TPSA) is 90.7 Å². The molecule has 0 atom stereocenters. The van der Waals surface area contributed by atoms with E-state index in [1.165, 1.54) is 5.43 Å². The predicted molar refractivity (Wildman–Crippen MR) is 33.1 cm³/mol. The molecule has 0 saturated heterocycles. The Kier molecular flexibility index (Phi) is 4.74. The van der Waals surface area contributed by atoms with Crippen molar-refractivity contribution >= 4 is 6.09 Å². The van der Waals surface area contributed by atoms with Crippen LogP contribution in [0.5, 0.6) is 0 Å². The minimum Gasteiger partial charge on any atom is -0.419 e. The van der Waals surface area contributed by atoms with Crippen molar-refractivity contribution in [3.05, 3.63) is 10.1 Å². The van der Waals surface area contributed by atoms with Gasteiger partial charge in [-0.3, -0.25) is 0 Å². The second-order valence-electron chi connectivity index (χ2n) is 1.41. The number of amides is 1. The van der Waals surface area contributed by atoms with Gasteiger partial charge in [0.15, 0.2) is 11.8 Å². The van der Waals surface area contributed by atoms with Gasteiger partial charge in [-0.1, -0.05) is 0 Å². The van der Waals surface area contributed by atoms with Crippen LogP contribution in [0.4, 0.5) is 4.79 Å². The van der Waals surface area contributed by atoms with Crippen LogP contribution in [0.15, 0.2) is 0 Å². The highest BCUT2D eigenvalue weighted by Gasteiger charge is 2.06. The van der Waals surface area contributed by atoms with Crippen molar-refractivity contribution in [2.24, 2.45) is 0 Å². The third-order valence-corrected chi connectivity index (χ3v) is 0.660. The van der Waals surface area contributed by atoms with Gasteiger partial charge in [0.25, 0.3) is 0 Å². The Morgan fingerprint density at radius 2 is 2.36 bits per heavy atom. The van der Waals surface area contributed by atoms with E-state index in [2.05, 4.69) is 9.47 Å². The van der Waals surface area contributed by atoms with Gasteiger partial charge in [0, 0.05) is 6.61 Å². The zero-order valence-corrected chi connectivity index (χ0v) is 5.90. The number of hydrogen-bond donors (Lipinski definition) is 1. The number of hydrazine groups is 1. The quantitative estimate of drug-likeness (QED) is 0.271. The highest BCUT2D eigenvalue weighted by atomic mass is 16.7. The number of nitrogens with one attached hydrogen (secondary N) is 1. The Labute approximate surface area is 62.4 Å². The van der Waals surface area contributed by atoms with Gasteiger partial charge in [0.05, 0.1) is 0 Å². The molecule has 0 unspecified atom stereocenters. The summed E-state index contributed by atoms with van der Waals surface area (Å²) in [5.41, 5.74) is 1.28. The van der Waals surface area contributed by atoms with Gasteiger partial charge in [0.1, 0.15) is 0 Å². The number of nitrogens with zero attached hydrogens (tertiary/aromatic N) is 1. The predicted octanol–water partition coefficient (Wildman–Crippen LogP) is -0.102. The van der Waals surface area contributed by atoms with E-state index in [0.29, 0.717) is 6.61 Å². The summed E-state index contributed by atoms with van der Waals surface area (Å²) in [4.78, 5) is 19.9. The van der Waals surface area contributed by atoms with Crippen LogP contribution in [0, 0.1) is 10.1 Å². The first-order chi connectivity index (χ1) is 5.16. The zero-order valence-electron chi connectivity index (χ0n) is 5.90. The minimum atomic E-state index is -1.14. The van der Waals surface area contributed by atoms with Gasteiger partial charge in [-0.25, -0.2) is 14.9 Å². The fourth-order valence-electron chi connectivity index (χ4n) is 0.285. The molecule has 0 fully saturated rings. The second kappa shape index (κ2) is 5.42. The van der Waals surface area contributed by atoms with Crippen molar-refractivity contribution in [3.8, 4) is 0 Å². The van der Waals surface area contributed by atoms with Crippen LogP contribution >= 0.6 is 0 Å². The molecule has 7 nitrogen and oxygen atoms in total. The van der Waals surface area contributed by atoms with E-state index in [0.717, 1.165) is 0 Å². The fourth-order valence-corrected chi connectivity index (χ4v) is 0.285. The van der Waals surface area contributed by atoms with E-state index in [1.807, 2.05) is 0 Å². The van der Waals surface area contributed by atoms with E-state index in [-0.39, 0.29) is 6.79 Å². The van der Waals surface area contributed by atoms with Crippen molar-refractivity contribution < 1.29 is 19.3 Å². The third-order valence-electron chi connectivity index (χ3n) is 0.660. The van der Waals surface area contributed by atoms with Crippen molar-refractivity contribution in [2.45, 2.75) is 6.92 Å². The third kappa shape index (κ3) is 6.52. The molecule has 11 heavy (non-hydrogen) atoms. The van der Waals surface area contributed by atoms with Crippen LogP contribution in [-0.2, 0) is 9.47 Å². The molecule has 0 heterocycles. The minimum absolute atomic E-state index is 0.282. The first kappa shape index (κ1) is 9.63. The van der Waals surface area contributed by atoms with Crippen LogP contribution in [0.25, 0.3) is 0 Å². The van der Waals surface area contributed by atoms with Gasteiger partial charge < -0.3 is 9.47 Å². The Hall–Kier alpha value is -1.37. The smallest absolute Gasteiger partial charge is 0.419 e. The van der Waals surface area contributed by atoms with E-state index < -0.39 is 11.1 Å². The first-order valence-electron chi connectivity index (χ1n) is 2.82. The Balaban J connectivity index is 3.30. The molecule has 0 rings (SSSR count). The van der Waals surface area contributed by atoms with Gasteiger partial charge in [-0.15, -0.1) is 0 Å². The summed E-state index contributed by atoms with van der Waals surface area (Å²) in [5, 5.41) is 8.59. The molecule has 0 saturated carbocycles. The maximum Gasteiger partial charge on any atom is 0.467 e. The lowest BCUT2D eigenvalue weighted by molar-refractivity contribution is -0.530. The number of nitro groups is 1. The summed E-state index contributed by atoms with van der Waals surface area (Å²) in [6.07, 6.45) is -1.14. The standard InChI is InChI=1S/C4H8N2O5/c1-2-10-3-11-4(7)5-6(8)9/h2-3H2,1H3,(H,5,7). The molecule has 0 aromatic carbocycles. The highest BCUT2D eigenvalue weighted by Crippen LogP contribution is 1.78. The normalized spacial score (nSPS) is 8.82. The average Bonchev–Trinajstić information content (AvgIpc) is 1.86. The lowest BCUT2D eigenvalue weighted by atomic mass is 10.9. The summed E-state index contributed by atoms with van der Waals surface area (Å²) in [7, 11) is 0. The molecule has 1 amide bonds. The molecule has 0 radical (unpaired) electrons. The number of carbonyl (C=O) groups is 1. The maximum absolute atomic E-state index is 10.3. The summed E-state index contributed by atoms with van der Waals surface area (Å²) >= 11 is 0. The average molecular weight is 164 g/mol. The Morgan fingerprint density at radius 1 is 1.73 bits per heavy atom. The first-order valence-corrected chi connectivity index (χ1v) is 2.82. The van der Waals surface area contributed by atoms with Crippen LogP contribution in [0.3, 0.4) is 0 Å². The highest BCUT2D eigenvalue weighted by molar-refractivity contribution is 5.65. The summed E-state index contributed by atoms with van der Waals surface area (Å²) in [6, 6.07) is 0. The van der Waals surface area contributed by atoms with E-state index >= 15 is 0 Å². The fraction of sp³-hybridized carbons (Fsp3) is 0.750. The van der Waals surface area contributed by atoms with E-state index in [1.54, 1.807) is 6.92 Å². The van der Waals surface area contributed by atoms with E-state index in [4.69, 9.17) is 0 Å².